The molecule has 7 heteroatoms. The lowest BCUT2D eigenvalue weighted by Gasteiger charge is -2.06. The summed E-state index contributed by atoms with van der Waals surface area (Å²) in [6.45, 7) is 0. The van der Waals surface area contributed by atoms with Gasteiger partial charge in [-0.3, -0.25) is 9.59 Å². The van der Waals surface area contributed by atoms with E-state index < -0.39 is 5.91 Å². The first kappa shape index (κ1) is 18.1. The molecule has 0 saturated carbocycles. The van der Waals surface area contributed by atoms with Crippen molar-refractivity contribution in [3.63, 3.8) is 0 Å². The molecule has 142 valence electrons. The second-order valence-electron chi connectivity index (χ2n) is 6.26. The summed E-state index contributed by atoms with van der Waals surface area (Å²) in [5.41, 5.74) is 4.98. The van der Waals surface area contributed by atoms with Crippen LogP contribution in [0.5, 0.6) is 0 Å². The van der Waals surface area contributed by atoms with E-state index in [1.54, 1.807) is 24.3 Å². The number of anilines is 2. The van der Waals surface area contributed by atoms with Crippen LogP contribution in [0.15, 0.2) is 88.8 Å². The van der Waals surface area contributed by atoms with E-state index in [4.69, 9.17) is 0 Å². The number of hydrogen-bond acceptors (Lipinski definition) is 5. The van der Waals surface area contributed by atoms with E-state index in [2.05, 4.69) is 26.0 Å². The first-order chi connectivity index (χ1) is 14.2. The molecule has 0 bridgehead atoms. The number of nitrogens with zero attached hydrogens (tertiary/aromatic N) is 2. The fourth-order valence-electron chi connectivity index (χ4n) is 2.85. The Labute approximate surface area is 166 Å². The van der Waals surface area contributed by atoms with Crippen molar-refractivity contribution >= 4 is 34.3 Å². The molecular formula is C22H17N5O2. The van der Waals surface area contributed by atoms with Gasteiger partial charge in [0.05, 0.1) is 11.6 Å². The zero-order chi connectivity index (χ0) is 20.1. The molecule has 0 fully saturated rings. The highest BCUT2D eigenvalue weighted by Gasteiger charge is 2.13. The molecule has 0 aliphatic rings. The molecule has 0 radical (unpaired) electrons. The minimum Gasteiger partial charge on any atom is -0.356 e. The van der Waals surface area contributed by atoms with E-state index >= 15 is 0 Å². The molecule has 4 rings (SSSR count). The number of para-hydroxylation sites is 1. The summed E-state index contributed by atoms with van der Waals surface area (Å²) >= 11 is 0. The number of rotatable bonds is 5. The molecule has 29 heavy (non-hydrogen) atoms. The van der Waals surface area contributed by atoms with Gasteiger partial charge < -0.3 is 5.32 Å². The van der Waals surface area contributed by atoms with Gasteiger partial charge in [-0.1, -0.05) is 48.5 Å². The Balaban J connectivity index is 1.43. The molecule has 0 spiro atoms. The smallest absolute Gasteiger partial charge is 0.292 e. The molecule has 4 aromatic rings. The monoisotopic (exact) mass is 383 g/mol. The lowest BCUT2D eigenvalue weighted by Crippen LogP contribution is -2.22. The molecule has 0 aliphatic heterocycles. The van der Waals surface area contributed by atoms with E-state index in [1.807, 2.05) is 54.6 Å². The number of hydrazone groups is 1. The Hall–Kier alpha value is -4.26. The third-order valence-corrected chi connectivity index (χ3v) is 4.26. The van der Waals surface area contributed by atoms with Gasteiger partial charge in [-0.25, -0.2) is 10.5 Å². The highest BCUT2D eigenvalue weighted by Crippen LogP contribution is 2.16. The summed E-state index contributed by atoms with van der Waals surface area (Å²) in [6, 6.07) is 24.3. The first-order valence-electron chi connectivity index (χ1n) is 8.94. The standard InChI is InChI=1S/C22H17N5O2/c28-21-19-9-5-4-8-18(19)20(25-27-21)22(29)26-23-14-15-10-12-17(13-11-15)24-16-6-2-1-3-7-16/h1-14,24H,(H,26,29)(H,27,28)/b23-14-. The number of aromatic amines is 1. The van der Waals surface area contributed by atoms with Crippen molar-refractivity contribution in [1.82, 2.24) is 15.6 Å². The number of fused-ring (bicyclic) bond motifs is 1. The average Bonchev–Trinajstić information content (AvgIpc) is 2.76. The fraction of sp³-hybridized carbons (Fsp3) is 0. The molecule has 1 aromatic heterocycles. The molecular weight excluding hydrogens is 366 g/mol. The molecule has 3 N–H and O–H groups in total. The summed E-state index contributed by atoms with van der Waals surface area (Å²) in [6.07, 6.45) is 1.54. The third-order valence-electron chi connectivity index (χ3n) is 4.26. The van der Waals surface area contributed by atoms with Crippen molar-refractivity contribution < 1.29 is 4.79 Å². The second kappa shape index (κ2) is 8.18. The zero-order valence-electron chi connectivity index (χ0n) is 15.3. The summed E-state index contributed by atoms with van der Waals surface area (Å²) in [5.74, 6) is -0.504. The highest BCUT2D eigenvalue weighted by molar-refractivity contribution is 6.04. The minimum atomic E-state index is -0.504. The van der Waals surface area contributed by atoms with E-state index in [1.165, 1.54) is 6.21 Å². The second-order valence-corrected chi connectivity index (χ2v) is 6.26. The van der Waals surface area contributed by atoms with Crippen molar-refractivity contribution in [2.24, 2.45) is 5.10 Å². The van der Waals surface area contributed by atoms with Crippen LogP contribution in [-0.2, 0) is 0 Å². The van der Waals surface area contributed by atoms with Crippen LogP contribution in [0.25, 0.3) is 10.8 Å². The topological polar surface area (TPSA) is 99.2 Å². The van der Waals surface area contributed by atoms with Gasteiger partial charge in [0.2, 0.25) is 0 Å². The van der Waals surface area contributed by atoms with Crippen LogP contribution in [-0.4, -0.2) is 22.3 Å². The molecule has 7 nitrogen and oxygen atoms in total. The van der Waals surface area contributed by atoms with Crippen molar-refractivity contribution in [3.8, 4) is 0 Å². The van der Waals surface area contributed by atoms with E-state index in [0.717, 1.165) is 16.9 Å². The van der Waals surface area contributed by atoms with Crippen LogP contribution >= 0.6 is 0 Å². The normalized spacial score (nSPS) is 10.9. The molecule has 1 amide bonds. The highest BCUT2D eigenvalue weighted by atomic mass is 16.2. The van der Waals surface area contributed by atoms with Crippen molar-refractivity contribution in [2.75, 3.05) is 5.32 Å². The number of aromatic nitrogens is 2. The SMILES string of the molecule is O=C(N/N=C\c1ccc(Nc2ccccc2)cc1)c1n[nH]c(=O)c2ccccc12. The van der Waals surface area contributed by atoms with Gasteiger partial charge in [0.15, 0.2) is 5.69 Å². The number of benzene rings is 3. The number of H-pyrrole nitrogens is 1. The Bertz CT molecular complexity index is 1230. The summed E-state index contributed by atoms with van der Waals surface area (Å²) < 4.78 is 0. The Morgan fingerprint density at radius 3 is 2.28 bits per heavy atom. The Morgan fingerprint density at radius 1 is 0.862 bits per heavy atom. The van der Waals surface area contributed by atoms with Gasteiger partial charge in [0.25, 0.3) is 11.5 Å². The average molecular weight is 383 g/mol. The lowest BCUT2D eigenvalue weighted by atomic mass is 10.1. The lowest BCUT2D eigenvalue weighted by molar-refractivity contribution is 0.0951. The summed E-state index contributed by atoms with van der Waals surface area (Å²) in [5, 5.41) is 14.3. The van der Waals surface area contributed by atoms with Crippen LogP contribution in [0.3, 0.4) is 0 Å². The van der Waals surface area contributed by atoms with Crippen LogP contribution in [0, 0.1) is 0 Å². The number of amides is 1. The van der Waals surface area contributed by atoms with Crippen molar-refractivity contribution in [1.29, 1.82) is 0 Å². The van der Waals surface area contributed by atoms with Gasteiger partial charge >= 0.3 is 0 Å². The number of carbonyl (C=O) groups is 1. The Kier molecular flexibility index (Phi) is 5.11. The van der Waals surface area contributed by atoms with Gasteiger partial charge in [-0.15, -0.1) is 0 Å². The quantitative estimate of drug-likeness (QED) is 0.363. The van der Waals surface area contributed by atoms with E-state index in [0.29, 0.717) is 10.8 Å². The van der Waals surface area contributed by atoms with Crippen molar-refractivity contribution in [3.05, 3.63) is 100 Å². The van der Waals surface area contributed by atoms with Crippen LogP contribution in [0.1, 0.15) is 16.1 Å². The minimum absolute atomic E-state index is 0.111. The Morgan fingerprint density at radius 2 is 1.52 bits per heavy atom. The summed E-state index contributed by atoms with van der Waals surface area (Å²) in [4.78, 5) is 24.2. The van der Waals surface area contributed by atoms with Gasteiger partial charge in [0.1, 0.15) is 0 Å². The largest absolute Gasteiger partial charge is 0.356 e. The zero-order valence-corrected chi connectivity index (χ0v) is 15.3. The molecule has 3 aromatic carbocycles. The van der Waals surface area contributed by atoms with Crippen LogP contribution < -0.4 is 16.3 Å². The third kappa shape index (κ3) is 4.19. The first-order valence-corrected chi connectivity index (χ1v) is 8.94. The number of carbonyl (C=O) groups excluding carboxylic acids is 1. The predicted molar refractivity (Wildman–Crippen MR) is 114 cm³/mol. The number of nitrogens with one attached hydrogen (secondary N) is 3. The molecule has 0 atom stereocenters. The fourth-order valence-corrected chi connectivity index (χ4v) is 2.85. The van der Waals surface area contributed by atoms with Gasteiger partial charge in [0, 0.05) is 16.8 Å². The summed E-state index contributed by atoms with van der Waals surface area (Å²) in [7, 11) is 0. The van der Waals surface area contributed by atoms with Gasteiger partial charge in [-0.05, 0) is 35.9 Å². The van der Waals surface area contributed by atoms with E-state index in [9.17, 15) is 9.59 Å². The maximum Gasteiger partial charge on any atom is 0.292 e. The molecule has 1 heterocycles. The van der Waals surface area contributed by atoms with Crippen molar-refractivity contribution in [2.45, 2.75) is 0 Å². The van der Waals surface area contributed by atoms with Crippen LogP contribution in [0.4, 0.5) is 11.4 Å². The van der Waals surface area contributed by atoms with Crippen LogP contribution in [0.2, 0.25) is 0 Å². The van der Waals surface area contributed by atoms with Gasteiger partial charge in [-0.2, -0.15) is 10.2 Å². The number of hydrogen-bond donors (Lipinski definition) is 3. The predicted octanol–water partition coefficient (Wildman–Crippen LogP) is 3.43. The maximum atomic E-state index is 12.4. The maximum absolute atomic E-state index is 12.4. The molecule has 0 unspecified atom stereocenters. The van der Waals surface area contributed by atoms with E-state index in [-0.39, 0.29) is 11.3 Å². The molecule has 0 saturated heterocycles. The molecule has 0 aliphatic carbocycles.